The summed E-state index contributed by atoms with van der Waals surface area (Å²) < 4.78 is 24.9. The van der Waals surface area contributed by atoms with Crippen molar-refractivity contribution in [1.82, 2.24) is 10.3 Å². The molecule has 0 saturated heterocycles. The van der Waals surface area contributed by atoms with Gasteiger partial charge in [-0.3, -0.25) is 5.32 Å². The quantitative estimate of drug-likeness (QED) is 0.362. The van der Waals surface area contributed by atoms with Gasteiger partial charge in [-0.15, -0.1) is 0 Å². The highest BCUT2D eigenvalue weighted by Crippen LogP contribution is 2.35. The first kappa shape index (κ1) is 23.6. The summed E-state index contributed by atoms with van der Waals surface area (Å²) >= 11 is 0. The van der Waals surface area contributed by atoms with Crippen LogP contribution in [0, 0.1) is 11.3 Å². The van der Waals surface area contributed by atoms with Gasteiger partial charge in [-0.05, 0) is 11.6 Å². The maximum absolute atomic E-state index is 12.5. The second-order valence-electron chi connectivity index (χ2n) is 8.20. The van der Waals surface area contributed by atoms with E-state index in [-0.39, 0.29) is 12.2 Å². The maximum atomic E-state index is 12.5. The summed E-state index contributed by atoms with van der Waals surface area (Å²) in [6, 6.07) is 27.8. The lowest BCUT2D eigenvalue weighted by atomic mass is 9.95. The van der Waals surface area contributed by atoms with Crippen molar-refractivity contribution in [2.24, 2.45) is 0 Å². The van der Waals surface area contributed by atoms with E-state index in [9.17, 15) is 18.8 Å². The molecule has 0 aliphatic carbocycles. The smallest absolute Gasteiger partial charge is 0.151 e. The number of aliphatic hydroxyl groups is 1. The molecule has 1 unspecified atom stereocenters. The van der Waals surface area contributed by atoms with E-state index in [2.05, 4.69) is 11.4 Å². The molecule has 0 spiro atoms. The average molecular weight is 472 g/mol. The van der Waals surface area contributed by atoms with Crippen LogP contribution in [0.5, 0.6) is 0 Å². The van der Waals surface area contributed by atoms with E-state index in [0.717, 1.165) is 11.1 Å². The van der Waals surface area contributed by atoms with Gasteiger partial charge in [0, 0.05) is 34.4 Å². The van der Waals surface area contributed by atoms with Crippen molar-refractivity contribution in [3.8, 4) is 17.3 Å². The minimum absolute atomic E-state index is 0.136. The molecular formula is C27H25N3O3S. The topological polar surface area (TPSA) is 103 Å². The summed E-state index contributed by atoms with van der Waals surface area (Å²) in [5, 5.41) is 24.7. The third-order valence-electron chi connectivity index (χ3n) is 5.62. The number of para-hydroxylation sites is 1. The van der Waals surface area contributed by atoms with Crippen LogP contribution in [-0.4, -0.2) is 24.8 Å². The Morgan fingerprint density at radius 1 is 0.971 bits per heavy atom. The predicted octanol–water partition coefficient (Wildman–Crippen LogP) is 4.68. The summed E-state index contributed by atoms with van der Waals surface area (Å²) in [7, 11) is -3.45. The zero-order valence-corrected chi connectivity index (χ0v) is 19.5. The molecule has 1 aromatic heterocycles. The number of hydrogen-bond donors (Lipinski definition) is 2. The van der Waals surface area contributed by atoms with Crippen molar-refractivity contribution in [2.75, 3.05) is 6.26 Å². The molecule has 2 N–H and O–H groups in total. The number of sulfone groups is 1. The third kappa shape index (κ3) is 5.32. The van der Waals surface area contributed by atoms with Crippen molar-refractivity contribution in [2.45, 2.75) is 24.4 Å². The third-order valence-corrected chi connectivity index (χ3v) is 6.43. The minimum atomic E-state index is -3.45. The number of benzene rings is 3. The number of aromatic nitrogens is 1. The van der Waals surface area contributed by atoms with Crippen LogP contribution in [0.4, 0.5) is 0 Å². The molecule has 172 valence electrons. The largest absolute Gasteiger partial charge is 0.374 e. The Bertz CT molecular complexity index is 1430. The highest BCUT2D eigenvalue weighted by molar-refractivity contribution is 7.89. The molecule has 1 heterocycles. The van der Waals surface area contributed by atoms with Gasteiger partial charge in [0.05, 0.1) is 29.5 Å². The fourth-order valence-corrected chi connectivity index (χ4v) is 4.97. The van der Waals surface area contributed by atoms with Gasteiger partial charge in [0.25, 0.3) is 0 Å². The second kappa shape index (κ2) is 10.1. The molecule has 6 nitrogen and oxygen atoms in total. The Balaban J connectivity index is 1.92. The van der Waals surface area contributed by atoms with Crippen LogP contribution in [0.2, 0.25) is 0 Å². The predicted molar refractivity (Wildman–Crippen MR) is 133 cm³/mol. The molecule has 7 heteroatoms. The molecule has 0 aliphatic rings. The lowest BCUT2D eigenvalue weighted by molar-refractivity contribution is 0.124. The number of rotatable bonds is 8. The molecule has 0 bridgehead atoms. The summed E-state index contributed by atoms with van der Waals surface area (Å²) in [5.41, 5.74) is 3.67. The first-order valence-electron chi connectivity index (χ1n) is 10.9. The van der Waals surface area contributed by atoms with E-state index >= 15 is 0 Å². The normalized spacial score (nSPS) is 13.3. The van der Waals surface area contributed by atoms with Gasteiger partial charge in [-0.2, -0.15) is 5.26 Å². The highest BCUT2D eigenvalue weighted by atomic mass is 32.2. The number of aliphatic hydroxyl groups excluding tert-OH is 1. The Labute approximate surface area is 199 Å². The van der Waals surface area contributed by atoms with Crippen molar-refractivity contribution < 1.29 is 13.5 Å². The molecule has 34 heavy (non-hydrogen) atoms. The number of pyridine rings is 1. The number of nitrogens with one attached hydrogen (secondary N) is 1. The van der Waals surface area contributed by atoms with E-state index in [1.54, 1.807) is 0 Å². The van der Waals surface area contributed by atoms with E-state index in [1.165, 1.54) is 6.26 Å². The summed E-state index contributed by atoms with van der Waals surface area (Å²) in [5.74, 6) is -0.280. The molecule has 4 aromatic rings. The van der Waals surface area contributed by atoms with Crippen molar-refractivity contribution in [3.05, 3.63) is 102 Å². The summed E-state index contributed by atoms with van der Waals surface area (Å²) in [6.07, 6.45) is 0.0747. The van der Waals surface area contributed by atoms with Gasteiger partial charge in [-0.25, -0.2) is 13.4 Å². The zero-order chi connectivity index (χ0) is 24.1. The fraction of sp³-hybridized carbons (Fsp3) is 0.185. The lowest BCUT2D eigenvalue weighted by Crippen LogP contribution is -2.28. The standard InChI is InChI=1S/C27H25N3O3S/c1-34(32,33)18-22-25(27(31)30-23(16-17-28)19-10-4-2-5-11-19)21-14-8-9-15-24(21)29-26(22)20-12-6-3-7-13-20/h2-15,23,27,30-31H,16,18H2,1H3/t23-,27?/m0/s1. The van der Waals surface area contributed by atoms with E-state index in [4.69, 9.17) is 4.98 Å². The average Bonchev–Trinajstić information content (AvgIpc) is 2.83. The first-order chi connectivity index (χ1) is 16.4. The second-order valence-corrected chi connectivity index (χ2v) is 10.3. The van der Waals surface area contributed by atoms with Crippen LogP contribution in [0.3, 0.4) is 0 Å². The van der Waals surface area contributed by atoms with Gasteiger partial charge >= 0.3 is 0 Å². The van der Waals surface area contributed by atoms with Crippen LogP contribution in [0.1, 0.15) is 35.4 Å². The van der Waals surface area contributed by atoms with Gasteiger partial charge in [0.1, 0.15) is 6.23 Å². The van der Waals surface area contributed by atoms with Crippen molar-refractivity contribution >= 4 is 20.7 Å². The van der Waals surface area contributed by atoms with Crippen molar-refractivity contribution in [1.29, 1.82) is 5.26 Å². The van der Waals surface area contributed by atoms with Crippen LogP contribution in [0.25, 0.3) is 22.2 Å². The number of fused-ring (bicyclic) bond motifs is 1. The van der Waals surface area contributed by atoms with Crippen LogP contribution < -0.4 is 5.32 Å². The van der Waals surface area contributed by atoms with Gasteiger partial charge in [0.15, 0.2) is 9.84 Å². The molecule has 0 aliphatic heterocycles. The fourth-order valence-electron chi connectivity index (χ4n) is 4.16. The molecule has 3 aromatic carbocycles. The van der Waals surface area contributed by atoms with E-state index in [1.807, 2.05) is 84.9 Å². The lowest BCUT2D eigenvalue weighted by Gasteiger charge is -2.25. The van der Waals surface area contributed by atoms with E-state index in [0.29, 0.717) is 27.7 Å². The van der Waals surface area contributed by atoms with Crippen LogP contribution in [0.15, 0.2) is 84.9 Å². The van der Waals surface area contributed by atoms with Crippen LogP contribution in [-0.2, 0) is 15.6 Å². The highest BCUT2D eigenvalue weighted by Gasteiger charge is 2.26. The molecule has 0 radical (unpaired) electrons. The first-order valence-corrected chi connectivity index (χ1v) is 12.9. The zero-order valence-electron chi connectivity index (χ0n) is 18.7. The Kier molecular flexibility index (Phi) is 7.03. The summed E-state index contributed by atoms with van der Waals surface area (Å²) in [6.45, 7) is 0. The molecule has 0 amide bonds. The Morgan fingerprint density at radius 3 is 2.24 bits per heavy atom. The molecule has 4 rings (SSSR count). The molecule has 0 fully saturated rings. The minimum Gasteiger partial charge on any atom is -0.374 e. The monoisotopic (exact) mass is 471 g/mol. The molecule has 0 saturated carbocycles. The molecule has 2 atom stereocenters. The molecular weight excluding hydrogens is 446 g/mol. The van der Waals surface area contributed by atoms with Gasteiger partial charge in [-0.1, -0.05) is 78.9 Å². The van der Waals surface area contributed by atoms with Gasteiger partial charge < -0.3 is 5.11 Å². The number of nitriles is 1. The van der Waals surface area contributed by atoms with Crippen molar-refractivity contribution in [3.63, 3.8) is 0 Å². The SMILES string of the molecule is CS(=O)(=O)Cc1c(-c2ccccc2)nc2ccccc2c1C(O)N[C@@H](CC#N)c1ccccc1. The van der Waals surface area contributed by atoms with Crippen LogP contribution >= 0.6 is 0 Å². The number of nitrogens with zero attached hydrogens (tertiary/aromatic N) is 2. The van der Waals surface area contributed by atoms with Gasteiger partial charge in [0.2, 0.25) is 0 Å². The Morgan fingerprint density at radius 2 is 1.59 bits per heavy atom. The summed E-state index contributed by atoms with van der Waals surface area (Å²) in [4.78, 5) is 4.79. The Hall–Kier alpha value is -3.57. The number of hydrogen-bond acceptors (Lipinski definition) is 6. The van der Waals surface area contributed by atoms with E-state index < -0.39 is 22.1 Å². The maximum Gasteiger partial charge on any atom is 0.151 e.